The highest BCUT2D eigenvalue weighted by atomic mass is 14.3. The number of rotatable bonds is 6. The van der Waals surface area contributed by atoms with Crippen molar-refractivity contribution < 1.29 is 0 Å². The highest BCUT2D eigenvalue weighted by Gasteiger charge is 2.29. The van der Waals surface area contributed by atoms with E-state index in [1.165, 1.54) is 51.4 Å². The summed E-state index contributed by atoms with van der Waals surface area (Å²) in [5.74, 6) is 6.43. The lowest BCUT2D eigenvalue weighted by atomic mass is 9.69. The van der Waals surface area contributed by atoms with Crippen LogP contribution in [0.1, 0.15) is 117 Å². The average molecular weight is 333 g/mol. The molecule has 0 aromatic heterocycles. The van der Waals surface area contributed by atoms with Gasteiger partial charge in [0.2, 0.25) is 0 Å². The summed E-state index contributed by atoms with van der Waals surface area (Å²) in [5, 5.41) is 0. The third-order valence-corrected chi connectivity index (χ3v) is 8.23. The van der Waals surface area contributed by atoms with E-state index in [1.807, 2.05) is 0 Å². The summed E-state index contributed by atoms with van der Waals surface area (Å²) in [5.41, 5.74) is 0. The van der Waals surface area contributed by atoms with Crippen LogP contribution in [-0.2, 0) is 0 Å². The summed E-state index contributed by atoms with van der Waals surface area (Å²) in [6.07, 6.45) is 24.7. The lowest BCUT2D eigenvalue weighted by Gasteiger charge is -2.37. The van der Waals surface area contributed by atoms with Crippen molar-refractivity contribution in [2.24, 2.45) is 35.5 Å². The summed E-state index contributed by atoms with van der Waals surface area (Å²) in [6, 6.07) is 0. The Hall–Kier alpha value is 0. The summed E-state index contributed by atoms with van der Waals surface area (Å²) in [7, 11) is 0. The molecule has 3 rings (SSSR count). The van der Waals surface area contributed by atoms with Crippen molar-refractivity contribution in [3.8, 4) is 0 Å². The van der Waals surface area contributed by atoms with Gasteiger partial charge in [-0.3, -0.25) is 0 Å². The van der Waals surface area contributed by atoms with Gasteiger partial charge in [0.25, 0.3) is 0 Å². The monoisotopic (exact) mass is 332 g/mol. The SMILES string of the molecule is CC1CCC(CCCCC2CCC(C3CCC(C)CC3)CC2)CC1. The number of unbranched alkanes of at least 4 members (excludes halogenated alkanes) is 1. The van der Waals surface area contributed by atoms with Crippen LogP contribution in [-0.4, -0.2) is 0 Å². The van der Waals surface area contributed by atoms with E-state index in [-0.39, 0.29) is 0 Å². The van der Waals surface area contributed by atoms with Crippen LogP contribution in [0.5, 0.6) is 0 Å². The molecule has 0 bridgehead atoms. The normalized spacial score (nSPS) is 41.2. The molecule has 0 aromatic rings. The maximum Gasteiger partial charge on any atom is -0.0386 e. The molecule has 0 aromatic carbocycles. The lowest BCUT2D eigenvalue weighted by molar-refractivity contribution is 0.146. The van der Waals surface area contributed by atoms with E-state index in [9.17, 15) is 0 Å². The minimum Gasteiger partial charge on any atom is -0.0625 e. The fraction of sp³-hybridized carbons (Fsp3) is 1.00. The Kier molecular flexibility index (Phi) is 7.54. The molecule has 3 aliphatic carbocycles. The van der Waals surface area contributed by atoms with Crippen LogP contribution in [0.15, 0.2) is 0 Å². The van der Waals surface area contributed by atoms with Crippen molar-refractivity contribution in [1.82, 2.24) is 0 Å². The van der Waals surface area contributed by atoms with E-state index in [2.05, 4.69) is 13.8 Å². The van der Waals surface area contributed by atoms with Crippen molar-refractivity contribution in [2.75, 3.05) is 0 Å². The van der Waals surface area contributed by atoms with Crippen LogP contribution in [0.3, 0.4) is 0 Å². The van der Waals surface area contributed by atoms with Gasteiger partial charge in [-0.1, -0.05) is 90.9 Å². The van der Waals surface area contributed by atoms with Crippen LogP contribution in [0, 0.1) is 35.5 Å². The van der Waals surface area contributed by atoms with Gasteiger partial charge < -0.3 is 0 Å². The first kappa shape index (κ1) is 18.8. The summed E-state index contributed by atoms with van der Waals surface area (Å²) >= 11 is 0. The quantitative estimate of drug-likeness (QED) is 0.432. The summed E-state index contributed by atoms with van der Waals surface area (Å²) in [6.45, 7) is 4.90. The van der Waals surface area contributed by atoms with Crippen molar-refractivity contribution in [3.63, 3.8) is 0 Å². The highest BCUT2D eigenvalue weighted by Crippen LogP contribution is 2.42. The predicted octanol–water partition coefficient (Wildman–Crippen LogP) is 8.01. The Morgan fingerprint density at radius 3 is 1.25 bits per heavy atom. The Bertz CT molecular complexity index is 322. The van der Waals surface area contributed by atoms with Crippen molar-refractivity contribution in [2.45, 2.75) is 117 Å². The molecule has 24 heavy (non-hydrogen) atoms. The molecule has 3 fully saturated rings. The second-order valence-corrected chi connectivity index (χ2v) is 10.2. The van der Waals surface area contributed by atoms with Gasteiger partial charge >= 0.3 is 0 Å². The van der Waals surface area contributed by atoms with Gasteiger partial charge in [0.1, 0.15) is 0 Å². The van der Waals surface area contributed by atoms with Gasteiger partial charge in [0.05, 0.1) is 0 Å². The number of hydrogen-bond donors (Lipinski definition) is 0. The van der Waals surface area contributed by atoms with Gasteiger partial charge in [-0.15, -0.1) is 0 Å². The van der Waals surface area contributed by atoms with Gasteiger partial charge in [0.15, 0.2) is 0 Å². The minimum atomic E-state index is 1.02. The third kappa shape index (κ3) is 5.77. The molecule has 0 aliphatic heterocycles. The zero-order chi connectivity index (χ0) is 16.8. The first-order valence-corrected chi connectivity index (χ1v) is 11.7. The molecule has 3 saturated carbocycles. The molecular formula is C24H44. The van der Waals surface area contributed by atoms with Crippen molar-refractivity contribution >= 4 is 0 Å². The maximum absolute atomic E-state index is 2.46. The minimum absolute atomic E-state index is 1.02. The zero-order valence-corrected chi connectivity index (χ0v) is 16.8. The van der Waals surface area contributed by atoms with Crippen molar-refractivity contribution in [3.05, 3.63) is 0 Å². The molecule has 3 aliphatic rings. The molecule has 0 atom stereocenters. The predicted molar refractivity (Wildman–Crippen MR) is 106 cm³/mol. The molecule has 0 unspecified atom stereocenters. The lowest BCUT2D eigenvalue weighted by Crippen LogP contribution is -2.25. The first-order valence-electron chi connectivity index (χ1n) is 11.7. The highest BCUT2D eigenvalue weighted by molar-refractivity contribution is 4.81. The molecule has 0 nitrogen and oxygen atoms in total. The topological polar surface area (TPSA) is 0 Å². The van der Waals surface area contributed by atoms with Crippen LogP contribution < -0.4 is 0 Å². The van der Waals surface area contributed by atoms with E-state index in [4.69, 9.17) is 0 Å². The molecule has 0 saturated heterocycles. The molecule has 0 radical (unpaired) electrons. The Morgan fingerprint density at radius 2 is 0.792 bits per heavy atom. The van der Waals surface area contributed by atoms with E-state index in [0.717, 1.165) is 35.5 Å². The molecule has 0 spiro atoms. The van der Waals surface area contributed by atoms with Gasteiger partial charge in [0, 0.05) is 0 Å². The molecule has 0 heteroatoms. The van der Waals surface area contributed by atoms with Crippen LogP contribution in [0.2, 0.25) is 0 Å². The smallest absolute Gasteiger partial charge is 0.0386 e. The Balaban J connectivity index is 1.23. The molecule has 0 heterocycles. The van der Waals surface area contributed by atoms with E-state index in [0.29, 0.717) is 0 Å². The second kappa shape index (κ2) is 9.63. The molecular weight excluding hydrogens is 288 g/mol. The molecule has 0 N–H and O–H groups in total. The fourth-order valence-corrected chi connectivity index (χ4v) is 6.19. The third-order valence-electron chi connectivity index (χ3n) is 8.23. The maximum atomic E-state index is 2.46. The van der Waals surface area contributed by atoms with E-state index < -0.39 is 0 Å². The van der Waals surface area contributed by atoms with Crippen LogP contribution >= 0.6 is 0 Å². The standard InChI is InChI=1S/C24H44/c1-19-7-11-21(12-8-19)5-3-4-6-22-13-17-24(18-14-22)23-15-9-20(2)10-16-23/h19-24H,3-18H2,1-2H3. The molecule has 140 valence electrons. The van der Waals surface area contributed by atoms with Crippen molar-refractivity contribution in [1.29, 1.82) is 0 Å². The number of hydrogen-bond acceptors (Lipinski definition) is 0. The van der Waals surface area contributed by atoms with E-state index in [1.54, 1.807) is 51.4 Å². The van der Waals surface area contributed by atoms with Gasteiger partial charge in [-0.05, 0) is 61.2 Å². The van der Waals surface area contributed by atoms with Gasteiger partial charge in [-0.25, -0.2) is 0 Å². The van der Waals surface area contributed by atoms with E-state index >= 15 is 0 Å². The first-order chi connectivity index (χ1) is 11.7. The van der Waals surface area contributed by atoms with Crippen LogP contribution in [0.25, 0.3) is 0 Å². The average Bonchev–Trinajstić information content (AvgIpc) is 2.62. The van der Waals surface area contributed by atoms with Crippen LogP contribution in [0.4, 0.5) is 0 Å². The fourth-order valence-electron chi connectivity index (χ4n) is 6.19. The summed E-state index contributed by atoms with van der Waals surface area (Å²) in [4.78, 5) is 0. The summed E-state index contributed by atoms with van der Waals surface area (Å²) < 4.78 is 0. The second-order valence-electron chi connectivity index (χ2n) is 10.2. The molecule has 0 amide bonds. The zero-order valence-electron chi connectivity index (χ0n) is 16.8. The largest absolute Gasteiger partial charge is 0.0625 e. The van der Waals surface area contributed by atoms with Gasteiger partial charge in [-0.2, -0.15) is 0 Å². The Morgan fingerprint density at radius 1 is 0.458 bits per heavy atom. The Labute approximate surface area is 152 Å².